The number of halogens is 1. The van der Waals surface area contributed by atoms with Crippen LogP contribution < -0.4 is 0 Å². The quantitative estimate of drug-likeness (QED) is 0.856. The molecule has 1 N–H and O–H groups in total. The van der Waals surface area contributed by atoms with Gasteiger partial charge in [-0.25, -0.2) is 9.18 Å². The summed E-state index contributed by atoms with van der Waals surface area (Å²) in [5.74, 6) is -1.13. The molecule has 0 bridgehead atoms. The van der Waals surface area contributed by atoms with Gasteiger partial charge in [0, 0.05) is 18.6 Å². The molecule has 2 aromatic rings. The normalized spacial score (nSPS) is 10.4. The van der Waals surface area contributed by atoms with Gasteiger partial charge < -0.3 is 5.11 Å². The Balaban J connectivity index is 2.48. The minimum atomic E-state index is -1.13. The average molecular weight is 236 g/mol. The number of hydrogen-bond donors (Lipinski definition) is 1. The number of aromatic carboxylic acids is 1. The van der Waals surface area contributed by atoms with Crippen LogP contribution in [0.15, 0.2) is 24.8 Å². The lowest BCUT2D eigenvalue weighted by Crippen LogP contribution is -2.00. The number of hydrogen-bond acceptors (Lipinski definition) is 4. The van der Waals surface area contributed by atoms with E-state index in [-0.39, 0.29) is 17.8 Å². The van der Waals surface area contributed by atoms with Gasteiger partial charge in [0.25, 0.3) is 0 Å². The first-order chi connectivity index (χ1) is 8.22. The smallest absolute Gasteiger partial charge is 0.339 e. The molecular formula is C10H9FN4O2. The van der Waals surface area contributed by atoms with E-state index >= 15 is 0 Å². The molecule has 88 valence electrons. The van der Waals surface area contributed by atoms with Crippen molar-refractivity contribution in [1.29, 1.82) is 0 Å². The molecule has 6 nitrogen and oxygen atoms in total. The van der Waals surface area contributed by atoms with Crippen LogP contribution in [0.1, 0.15) is 10.4 Å². The minimum absolute atomic E-state index is 0.0144. The predicted molar refractivity (Wildman–Crippen MR) is 56.2 cm³/mol. The number of aromatic nitrogens is 4. The standard InChI is InChI=1S/C10H9FN4O2/c11-1-4-15-6-7(10(16)17)9(14-15)8-5-12-2-3-13-8/h2-3,5-6H,1,4H2,(H,16,17). The average Bonchev–Trinajstić information content (AvgIpc) is 2.75. The van der Waals surface area contributed by atoms with Gasteiger partial charge >= 0.3 is 5.97 Å². The summed E-state index contributed by atoms with van der Waals surface area (Å²) in [4.78, 5) is 18.8. The molecule has 0 aliphatic heterocycles. The third kappa shape index (κ3) is 2.27. The van der Waals surface area contributed by atoms with Crippen molar-refractivity contribution < 1.29 is 14.3 Å². The molecule has 2 heterocycles. The molecule has 0 fully saturated rings. The molecule has 7 heteroatoms. The van der Waals surface area contributed by atoms with Crippen LogP contribution in [0.5, 0.6) is 0 Å². The van der Waals surface area contributed by atoms with Crippen molar-refractivity contribution in [3.8, 4) is 11.4 Å². The summed E-state index contributed by atoms with van der Waals surface area (Å²) < 4.78 is 13.4. The number of rotatable bonds is 4. The number of aryl methyl sites for hydroxylation is 1. The molecule has 0 saturated carbocycles. The van der Waals surface area contributed by atoms with Crippen molar-refractivity contribution in [2.24, 2.45) is 0 Å². The Kier molecular flexibility index (Phi) is 3.08. The molecule has 0 aromatic carbocycles. The summed E-state index contributed by atoms with van der Waals surface area (Å²) >= 11 is 0. The van der Waals surface area contributed by atoms with Gasteiger partial charge in [-0.3, -0.25) is 14.6 Å². The van der Waals surface area contributed by atoms with Crippen molar-refractivity contribution in [3.63, 3.8) is 0 Å². The van der Waals surface area contributed by atoms with E-state index in [1.165, 1.54) is 29.5 Å². The zero-order valence-corrected chi connectivity index (χ0v) is 8.75. The lowest BCUT2D eigenvalue weighted by atomic mass is 10.2. The van der Waals surface area contributed by atoms with E-state index in [2.05, 4.69) is 15.1 Å². The van der Waals surface area contributed by atoms with E-state index in [4.69, 9.17) is 5.11 Å². The van der Waals surface area contributed by atoms with Gasteiger partial charge in [0.05, 0.1) is 12.7 Å². The topological polar surface area (TPSA) is 80.9 Å². The summed E-state index contributed by atoms with van der Waals surface area (Å²) in [5, 5.41) is 13.0. The lowest BCUT2D eigenvalue weighted by molar-refractivity contribution is 0.0697. The van der Waals surface area contributed by atoms with Crippen LogP contribution in [-0.2, 0) is 6.54 Å². The maximum Gasteiger partial charge on any atom is 0.339 e. The first kappa shape index (κ1) is 11.2. The summed E-state index contributed by atoms with van der Waals surface area (Å²) in [6.07, 6.45) is 5.61. The van der Waals surface area contributed by atoms with E-state index in [1.807, 2.05) is 0 Å². The predicted octanol–water partition coefficient (Wildman–Crippen LogP) is 1.01. The highest BCUT2D eigenvalue weighted by molar-refractivity contribution is 5.93. The highest BCUT2D eigenvalue weighted by Gasteiger charge is 2.17. The third-order valence-electron chi connectivity index (χ3n) is 2.11. The van der Waals surface area contributed by atoms with Crippen LogP contribution >= 0.6 is 0 Å². The second-order valence-corrected chi connectivity index (χ2v) is 3.24. The number of carboxylic acids is 1. The van der Waals surface area contributed by atoms with Crippen LogP contribution in [0.2, 0.25) is 0 Å². The van der Waals surface area contributed by atoms with E-state index in [1.54, 1.807) is 0 Å². The van der Waals surface area contributed by atoms with Gasteiger partial charge in [0.2, 0.25) is 0 Å². The Morgan fingerprint density at radius 1 is 1.47 bits per heavy atom. The van der Waals surface area contributed by atoms with Crippen LogP contribution in [0, 0.1) is 0 Å². The molecule has 0 aliphatic rings. The van der Waals surface area contributed by atoms with Gasteiger partial charge in [-0.15, -0.1) is 0 Å². The van der Waals surface area contributed by atoms with Crippen molar-refractivity contribution in [1.82, 2.24) is 19.7 Å². The first-order valence-corrected chi connectivity index (χ1v) is 4.85. The van der Waals surface area contributed by atoms with E-state index in [0.29, 0.717) is 5.69 Å². The Hall–Kier alpha value is -2.31. The van der Waals surface area contributed by atoms with Crippen molar-refractivity contribution in [3.05, 3.63) is 30.4 Å². The van der Waals surface area contributed by atoms with Gasteiger partial charge in [-0.2, -0.15) is 5.10 Å². The highest BCUT2D eigenvalue weighted by Crippen LogP contribution is 2.18. The molecule has 0 saturated heterocycles. The third-order valence-corrected chi connectivity index (χ3v) is 2.11. The Morgan fingerprint density at radius 3 is 2.88 bits per heavy atom. The maximum atomic E-state index is 12.2. The molecule has 0 aliphatic carbocycles. The SMILES string of the molecule is O=C(O)c1cn(CCF)nc1-c1cnccn1. The fourth-order valence-electron chi connectivity index (χ4n) is 1.39. The van der Waals surface area contributed by atoms with Crippen LogP contribution in [0.3, 0.4) is 0 Å². The molecule has 2 aromatic heterocycles. The monoisotopic (exact) mass is 236 g/mol. The van der Waals surface area contributed by atoms with E-state index in [9.17, 15) is 9.18 Å². The second kappa shape index (κ2) is 4.69. The van der Waals surface area contributed by atoms with Crippen molar-refractivity contribution >= 4 is 5.97 Å². The number of carbonyl (C=O) groups is 1. The first-order valence-electron chi connectivity index (χ1n) is 4.85. The fraction of sp³-hybridized carbons (Fsp3) is 0.200. The second-order valence-electron chi connectivity index (χ2n) is 3.24. The van der Waals surface area contributed by atoms with Gasteiger partial charge in [0.1, 0.15) is 23.6 Å². The van der Waals surface area contributed by atoms with Crippen LogP contribution in [0.4, 0.5) is 4.39 Å². The van der Waals surface area contributed by atoms with Crippen molar-refractivity contribution in [2.75, 3.05) is 6.67 Å². The lowest BCUT2D eigenvalue weighted by Gasteiger charge is -1.96. The molecule has 0 spiro atoms. The highest BCUT2D eigenvalue weighted by atomic mass is 19.1. The minimum Gasteiger partial charge on any atom is -0.478 e. The molecule has 2 rings (SSSR count). The molecule has 0 amide bonds. The van der Waals surface area contributed by atoms with Gasteiger partial charge in [-0.1, -0.05) is 0 Å². The largest absolute Gasteiger partial charge is 0.478 e. The number of alkyl halides is 1. The summed E-state index contributed by atoms with van der Waals surface area (Å²) in [7, 11) is 0. The maximum absolute atomic E-state index is 12.2. The molecule has 0 atom stereocenters. The Morgan fingerprint density at radius 2 is 2.29 bits per heavy atom. The Bertz CT molecular complexity index is 526. The molecule has 0 unspecified atom stereocenters. The molecule has 17 heavy (non-hydrogen) atoms. The van der Waals surface area contributed by atoms with E-state index < -0.39 is 12.6 Å². The summed E-state index contributed by atoms with van der Waals surface area (Å²) in [6, 6.07) is 0. The number of nitrogens with zero attached hydrogens (tertiary/aromatic N) is 4. The fourth-order valence-corrected chi connectivity index (χ4v) is 1.39. The van der Waals surface area contributed by atoms with E-state index in [0.717, 1.165) is 0 Å². The van der Waals surface area contributed by atoms with Crippen LogP contribution in [0.25, 0.3) is 11.4 Å². The zero-order valence-electron chi connectivity index (χ0n) is 8.75. The number of carboxylic acid groups (broad SMARTS) is 1. The van der Waals surface area contributed by atoms with Crippen LogP contribution in [-0.4, -0.2) is 37.5 Å². The summed E-state index contributed by atoms with van der Waals surface area (Å²) in [5.41, 5.74) is 0.528. The summed E-state index contributed by atoms with van der Waals surface area (Å²) in [6.45, 7) is -0.596. The molecular weight excluding hydrogens is 227 g/mol. The Labute approximate surface area is 95.8 Å². The van der Waals surface area contributed by atoms with Gasteiger partial charge in [0.15, 0.2) is 0 Å². The van der Waals surface area contributed by atoms with Gasteiger partial charge in [-0.05, 0) is 0 Å². The van der Waals surface area contributed by atoms with Crippen molar-refractivity contribution in [2.45, 2.75) is 6.54 Å². The molecule has 0 radical (unpaired) electrons. The zero-order chi connectivity index (χ0) is 12.3.